The number of thiazole rings is 1. The van der Waals surface area contributed by atoms with Gasteiger partial charge in [-0.1, -0.05) is 29.0 Å². The number of thioether (sulfide) groups is 1. The maximum absolute atomic E-state index is 12.9. The highest BCUT2D eigenvalue weighted by atomic mass is 32.2. The van der Waals surface area contributed by atoms with Gasteiger partial charge in [-0.25, -0.2) is 4.98 Å². The molecule has 1 amide bonds. The van der Waals surface area contributed by atoms with E-state index in [0.29, 0.717) is 17.4 Å². The number of amides is 1. The van der Waals surface area contributed by atoms with Gasteiger partial charge in [0, 0.05) is 18.0 Å². The van der Waals surface area contributed by atoms with Crippen LogP contribution in [0.4, 0.5) is 5.13 Å². The summed E-state index contributed by atoms with van der Waals surface area (Å²) in [5.74, 6) is 0.604. The summed E-state index contributed by atoms with van der Waals surface area (Å²) in [6.45, 7) is 3.33. The molecule has 5 nitrogen and oxygen atoms in total. The molecule has 7 heteroatoms. The van der Waals surface area contributed by atoms with Crippen molar-refractivity contribution in [1.82, 2.24) is 9.88 Å². The molecule has 0 saturated heterocycles. The number of carbonyl (C=O) groups excluding carboxylic acids is 1. The van der Waals surface area contributed by atoms with Crippen LogP contribution >= 0.6 is 23.1 Å². The van der Waals surface area contributed by atoms with E-state index in [1.54, 1.807) is 28.0 Å². The van der Waals surface area contributed by atoms with E-state index in [0.717, 1.165) is 22.3 Å². The van der Waals surface area contributed by atoms with Crippen LogP contribution in [0.5, 0.6) is 5.75 Å². The number of rotatable bonds is 8. The van der Waals surface area contributed by atoms with Crippen LogP contribution in [0.25, 0.3) is 10.2 Å². The number of aryl methyl sites for hydroxylation is 1. The first-order chi connectivity index (χ1) is 13.5. The minimum atomic E-state index is -0.0911. The smallest absolute Gasteiger partial charge is 0.266 e. The van der Waals surface area contributed by atoms with Crippen LogP contribution in [0, 0.1) is 6.92 Å². The quantitative estimate of drug-likeness (QED) is 0.513. The Labute approximate surface area is 174 Å². The van der Waals surface area contributed by atoms with Crippen molar-refractivity contribution in [2.24, 2.45) is 0 Å². The van der Waals surface area contributed by atoms with Crippen LogP contribution in [0.15, 0.2) is 47.4 Å². The highest BCUT2D eigenvalue weighted by Crippen LogP contribution is 2.31. The van der Waals surface area contributed by atoms with Gasteiger partial charge in [-0.05, 0) is 57.6 Å². The normalized spacial score (nSPS) is 11.2. The number of ether oxygens (including phenoxy) is 1. The van der Waals surface area contributed by atoms with Crippen LogP contribution < -0.4 is 9.64 Å². The second kappa shape index (κ2) is 9.41. The van der Waals surface area contributed by atoms with Gasteiger partial charge in [-0.3, -0.25) is 9.69 Å². The molecule has 148 valence electrons. The first-order valence-corrected chi connectivity index (χ1v) is 11.1. The van der Waals surface area contributed by atoms with Crippen molar-refractivity contribution < 1.29 is 9.53 Å². The Morgan fingerprint density at radius 3 is 2.57 bits per heavy atom. The minimum Gasteiger partial charge on any atom is -0.484 e. The van der Waals surface area contributed by atoms with Gasteiger partial charge in [-0.2, -0.15) is 0 Å². The Bertz CT molecular complexity index is 938. The van der Waals surface area contributed by atoms with Crippen LogP contribution in [-0.2, 0) is 4.79 Å². The van der Waals surface area contributed by atoms with E-state index in [9.17, 15) is 4.79 Å². The Hall–Kier alpha value is -2.09. The maximum Gasteiger partial charge on any atom is 0.266 e. The highest BCUT2D eigenvalue weighted by molar-refractivity contribution is 7.98. The number of hydrogen-bond donors (Lipinski definition) is 0. The van der Waals surface area contributed by atoms with Gasteiger partial charge in [0.1, 0.15) is 5.75 Å². The van der Waals surface area contributed by atoms with E-state index in [1.165, 1.54) is 4.90 Å². The van der Waals surface area contributed by atoms with E-state index >= 15 is 0 Å². The van der Waals surface area contributed by atoms with Gasteiger partial charge in [0.2, 0.25) is 0 Å². The van der Waals surface area contributed by atoms with Crippen LogP contribution in [-0.4, -0.2) is 55.8 Å². The molecule has 1 heterocycles. The number of hydrogen-bond acceptors (Lipinski definition) is 6. The van der Waals surface area contributed by atoms with E-state index < -0.39 is 0 Å². The lowest BCUT2D eigenvalue weighted by Gasteiger charge is -2.22. The molecule has 2 aromatic carbocycles. The summed E-state index contributed by atoms with van der Waals surface area (Å²) in [5, 5.41) is 0.715. The van der Waals surface area contributed by atoms with Crippen molar-refractivity contribution in [3.05, 3.63) is 48.0 Å². The predicted molar refractivity (Wildman–Crippen MR) is 119 cm³/mol. The summed E-state index contributed by atoms with van der Waals surface area (Å²) in [7, 11) is 3.99. The van der Waals surface area contributed by atoms with Crippen molar-refractivity contribution in [2.45, 2.75) is 11.8 Å². The van der Waals surface area contributed by atoms with Gasteiger partial charge in [0.05, 0.1) is 10.2 Å². The van der Waals surface area contributed by atoms with Crippen molar-refractivity contribution in [3.8, 4) is 5.75 Å². The highest BCUT2D eigenvalue weighted by Gasteiger charge is 2.20. The Kier molecular flexibility index (Phi) is 6.93. The van der Waals surface area contributed by atoms with E-state index in [-0.39, 0.29) is 12.5 Å². The summed E-state index contributed by atoms with van der Waals surface area (Å²) >= 11 is 3.25. The monoisotopic (exact) mass is 415 g/mol. The molecule has 0 aliphatic heterocycles. The van der Waals surface area contributed by atoms with Crippen molar-refractivity contribution in [2.75, 3.05) is 44.9 Å². The third-order valence-corrected chi connectivity index (χ3v) is 6.04. The molecule has 1 aromatic heterocycles. The minimum absolute atomic E-state index is 0.0114. The summed E-state index contributed by atoms with van der Waals surface area (Å²) in [6, 6.07) is 13.9. The number of carbonyl (C=O) groups is 1. The molecule has 3 rings (SSSR count). The predicted octanol–water partition coefficient (Wildman–Crippen LogP) is 4.30. The van der Waals surface area contributed by atoms with Crippen LogP contribution in [0.3, 0.4) is 0 Å². The largest absolute Gasteiger partial charge is 0.484 e. The first-order valence-electron chi connectivity index (χ1n) is 9.05. The second-order valence-corrected chi connectivity index (χ2v) is 8.67. The zero-order valence-electron chi connectivity index (χ0n) is 16.6. The maximum atomic E-state index is 12.9. The SMILES string of the molecule is CSc1ccc2nc(N(CCN(C)C)C(=O)COc3ccc(C)cc3)sc2c1. The molecule has 0 spiro atoms. The van der Waals surface area contributed by atoms with Gasteiger partial charge < -0.3 is 9.64 Å². The molecule has 28 heavy (non-hydrogen) atoms. The third-order valence-electron chi connectivity index (χ3n) is 4.27. The molecule has 0 aliphatic carbocycles. The molecule has 0 unspecified atom stereocenters. The number of nitrogens with zero attached hydrogens (tertiary/aromatic N) is 3. The lowest BCUT2D eigenvalue weighted by atomic mass is 10.2. The lowest BCUT2D eigenvalue weighted by molar-refractivity contribution is -0.120. The average Bonchev–Trinajstić information content (AvgIpc) is 3.10. The summed E-state index contributed by atoms with van der Waals surface area (Å²) < 4.78 is 6.80. The van der Waals surface area contributed by atoms with Crippen molar-refractivity contribution >= 4 is 44.4 Å². The van der Waals surface area contributed by atoms with Crippen LogP contribution in [0.1, 0.15) is 5.56 Å². The third kappa shape index (κ3) is 5.25. The van der Waals surface area contributed by atoms with E-state index in [4.69, 9.17) is 9.72 Å². The summed E-state index contributed by atoms with van der Waals surface area (Å²) in [5.41, 5.74) is 2.07. The molecule has 0 aliphatic rings. The standard InChI is InChI=1S/C21H25N3O2S2/c1-15-5-7-16(8-6-15)26-14-20(25)24(12-11-23(2)3)21-22-18-10-9-17(27-4)13-19(18)28-21/h5-10,13H,11-12,14H2,1-4H3. The molecule has 0 N–H and O–H groups in total. The first kappa shape index (κ1) is 20.6. The van der Waals surface area contributed by atoms with Crippen LogP contribution in [0.2, 0.25) is 0 Å². The summed E-state index contributed by atoms with van der Waals surface area (Å²) in [4.78, 5) is 22.6. The number of fused-ring (bicyclic) bond motifs is 1. The van der Waals surface area contributed by atoms with Gasteiger partial charge in [0.25, 0.3) is 5.91 Å². The van der Waals surface area contributed by atoms with Crippen molar-refractivity contribution in [3.63, 3.8) is 0 Å². The molecule has 0 fully saturated rings. The fraction of sp³-hybridized carbons (Fsp3) is 0.333. The number of likely N-dealkylation sites (N-methyl/N-ethyl adjacent to an activating group) is 1. The topological polar surface area (TPSA) is 45.7 Å². The Balaban J connectivity index is 1.79. The van der Waals surface area contributed by atoms with Crippen molar-refractivity contribution in [1.29, 1.82) is 0 Å². The number of benzene rings is 2. The molecular formula is C21H25N3O2S2. The summed E-state index contributed by atoms with van der Waals surface area (Å²) in [6.07, 6.45) is 2.05. The molecule has 0 bridgehead atoms. The molecule has 3 aromatic rings. The number of aromatic nitrogens is 1. The van der Waals surface area contributed by atoms with E-state index in [1.807, 2.05) is 51.4 Å². The fourth-order valence-electron chi connectivity index (χ4n) is 2.62. The average molecular weight is 416 g/mol. The van der Waals surface area contributed by atoms with Gasteiger partial charge in [0.15, 0.2) is 11.7 Å². The molecule has 0 saturated carbocycles. The Morgan fingerprint density at radius 2 is 1.89 bits per heavy atom. The second-order valence-electron chi connectivity index (χ2n) is 6.78. The number of anilines is 1. The lowest BCUT2D eigenvalue weighted by Crippen LogP contribution is -2.39. The zero-order valence-corrected chi connectivity index (χ0v) is 18.3. The van der Waals surface area contributed by atoms with Gasteiger partial charge in [-0.15, -0.1) is 11.8 Å². The Morgan fingerprint density at radius 1 is 1.14 bits per heavy atom. The van der Waals surface area contributed by atoms with Gasteiger partial charge >= 0.3 is 0 Å². The molecule has 0 atom stereocenters. The zero-order chi connectivity index (χ0) is 20.1. The molecular weight excluding hydrogens is 390 g/mol. The fourth-order valence-corrected chi connectivity index (χ4v) is 4.18. The van der Waals surface area contributed by atoms with E-state index in [2.05, 4.69) is 23.3 Å². The molecule has 0 radical (unpaired) electrons.